The summed E-state index contributed by atoms with van der Waals surface area (Å²) < 4.78 is 1.75. The van der Waals surface area contributed by atoms with Crippen molar-refractivity contribution in [1.29, 1.82) is 0 Å². The molecule has 0 aromatic carbocycles. The number of hydrogen-bond donors (Lipinski definition) is 1. The molecule has 2 aromatic rings. The van der Waals surface area contributed by atoms with Crippen LogP contribution in [0.15, 0.2) is 18.7 Å². The zero-order valence-electron chi connectivity index (χ0n) is 11.2. The molecule has 0 saturated heterocycles. The number of amides is 1. The number of carbonyl (C=O) groups excluding carboxylic acids is 1. The summed E-state index contributed by atoms with van der Waals surface area (Å²) >= 11 is 1.74. The molecule has 0 saturated carbocycles. The van der Waals surface area contributed by atoms with E-state index in [1.807, 2.05) is 6.92 Å². The molecule has 2 heterocycles. The highest BCUT2D eigenvalue weighted by Gasteiger charge is 2.04. The molecule has 0 aliphatic rings. The van der Waals surface area contributed by atoms with E-state index in [1.54, 1.807) is 34.6 Å². The summed E-state index contributed by atoms with van der Waals surface area (Å²) in [7, 11) is 0. The molecule has 0 spiro atoms. The molecule has 0 fully saturated rings. The van der Waals surface area contributed by atoms with Crippen LogP contribution in [-0.4, -0.2) is 27.0 Å². The van der Waals surface area contributed by atoms with Crippen LogP contribution in [0.4, 0.5) is 0 Å². The van der Waals surface area contributed by atoms with E-state index in [1.165, 1.54) is 4.88 Å². The quantitative estimate of drug-likeness (QED) is 0.818. The van der Waals surface area contributed by atoms with E-state index in [9.17, 15) is 4.79 Å². The van der Waals surface area contributed by atoms with Crippen LogP contribution in [0.5, 0.6) is 0 Å². The molecule has 1 amide bonds. The van der Waals surface area contributed by atoms with Crippen LogP contribution in [0.2, 0.25) is 0 Å². The fourth-order valence-electron chi connectivity index (χ4n) is 1.72. The Morgan fingerprint density at radius 3 is 2.95 bits per heavy atom. The number of aryl methyl sites for hydroxylation is 3. The first-order valence-corrected chi connectivity index (χ1v) is 7.12. The zero-order chi connectivity index (χ0) is 13.7. The van der Waals surface area contributed by atoms with Gasteiger partial charge in [-0.2, -0.15) is 0 Å². The minimum atomic E-state index is 0.0181. The maximum Gasteiger partial charge on any atom is 0.239 e. The van der Waals surface area contributed by atoms with Gasteiger partial charge in [0.1, 0.15) is 6.54 Å². The van der Waals surface area contributed by atoms with Crippen molar-refractivity contribution in [1.82, 2.24) is 19.9 Å². The van der Waals surface area contributed by atoms with Crippen molar-refractivity contribution < 1.29 is 4.79 Å². The minimum Gasteiger partial charge on any atom is -0.355 e. The monoisotopic (exact) mass is 278 g/mol. The largest absolute Gasteiger partial charge is 0.355 e. The van der Waals surface area contributed by atoms with Crippen LogP contribution in [0.1, 0.15) is 22.0 Å². The van der Waals surface area contributed by atoms with Gasteiger partial charge in [0, 0.05) is 30.2 Å². The summed E-state index contributed by atoms with van der Waals surface area (Å²) in [5.41, 5.74) is 1.11. The highest BCUT2D eigenvalue weighted by Crippen LogP contribution is 2.17. The Bertz CT molecular complexity index is 513. The highest BCUT2D eigenvalue weighted by atomic mass is 32.1. The smallest absolute Gasteiger partial charge is 0.239 e. The van der Waals surface area contributed by atoms with Crippen LogP contribution >= 0.6 is 11.3 Å². The topological polar surface area (TPSA) is 59.8 Å². The van der Waals surface area contributed by atoms with Gasteiger partial charge in [0.25, 0.3) is 0 Å². The van der Waals surface area contributed by atoms with Crippen molar-refractivity contribution in [3.63, 3.8) is 0 Å². The molecule has 19 heavy (non-hydrogen) atoms. The van der Waals surface area contributed by atoms with Gasteiger partial charge in [0.05, 0.1) is 17.0 Å². The first-order valence-electron chi connectivity index (χ1n) is 6.30. The molecule has 102 valence electrons. The Kier molecular flexibility index (Phi) is 4.68. The molecular weight excluding hydrogens is 260 g/mol. The fraction of sp³-hybridized carbons (Fsp3) is 0.462. The summed E-state index contributed by atoms with van der Waals surface area (Å²) in [6.07, 6.45) is 6.93. The molecule has 1 N–H and O–H groups in total. The first-order chi connectivity index (χ1) is 9.15. The van der Waals surface area contributed by atoms with E-state index in [-0.39, 0.29) is 5.91 Å². The van der Waals surface area contributed by atoms with E-state index >= 15 is 0 Å². The normalized spacial score (nSPS) is 10.6. The molecule has 0 unspecified atom stereocenters. The van der Waals surface area contributed by atoms with Gasteiger partial charge < -0.3 is 9.88 Å². The number of rotatable bonds is 6. The number of nitrogens with one attached hydrogen (secondary N) is 1. The number of carbonyl (C=O) groups is 1. The molecule has 2 aromatic heterocycles. The zero-order valence-corrected chi connectivity index (χ0v) is 12.0. The Labute approximate surface area is 116 Å². The number of imidazole rings is 1. The van der Waals surface area contributed by atoms with Crippen LogP contribution in [-0.2, 0) is 17.8 Å². The Morgan fingerprint density at radius 1 is 1.47 bits per heavy atom. The van der Waals surface area contributed by atoms with Crippen molar-refractivity contribution >= 4 is 17.2 Å². The molecule has 0 radical (unpaired) electrons. The van der Waals surface area contributed by atoms with Gasteiger partial charge in [0.15, 0.2) is 0 Å². The molecule has 0 aliphatic heterocycles. The lowest BCUT2D eigenvalue weighted by atomic mass is 10.3. The SMILES string of the molecule is Cc1nc(CCCNC(=O)Cn2ccnc2)sc1C. The summed E-state index contributed by atoms with van der Waals surface area (Å²) in [6, 6.07) is 0. The van der Waals surface area contributed by atoms with E-state index in [0.29, 0.717) is 13.1 Å². The molecule has 0 bridgehead atoms. The molecule has 6 heteroatoms. The predicted molar refractivity (Wildman–Crippen MR) is 75.1 cm³/mol. The minimum absolute atomic E-state index is 0.0181. The molecular formula is C13H18N4OS. The predicted octanol–water partition coefficient (Wildman–Crippen LogP) is 1.71. The van der Waals surface area contributed by atoms with Crippen molar-refractivity contribution in [2.24, 2.45) is 0 Å². The highest BCUT2D eigenvalue weighted by molar-refractivity contribution is 7.11. The van der Waals surface area contributed by atoms with Crippen LogP contribution in [0.25, 0.3) is 0 Å². The second kappa shape index (κ2) is 6.47. The van der Waals surface area contributed by atoms with Gasteiger partial charge in [-0.05, 0) is 20.3 Å². The van der Waals surface area contributed by atoms with Crippen molar-refractivity contribution in [2.45, 2.75) is 33.2 Å². The third-order valence-corrected chi connectivity index (χ3v) is 3.98. The van der Waals surface area contributed by atoms with Crippen molar-refractivity contribution in [2.75, 3.05) is 6.54 Å². The number of thiazole rings is 1. The van der Waals surface area contributed by atoms with Gasteiger partial charge in [-0.25, -0.2) is 9.97 Å². The lowest BCUT2D eigenvalue weighted by Crippen LogP contribution is -2.28. The first kappa shape index (κ1) is 13.7. The van der Waals surface area contributed by atoms with E-state index in [4.69, 9.17) is 0 Å². The summed E-state index contributed by atoms with van der Waals surface area (Å²) in [6.45, 7) is 5.13. The lowest BCUT2D eigenvalue weighted by Gasteiger charge is -2.04. The molecule has 0 aliphatic carbocycles. The lowest BCUT2D eigenvalue weighted by molar-refractivity contribution is -0.121. The summed E-state index contributed by atoms with van der Waals surface area (Å²) in [4.78, 5) is 21.3. The standard InChI is InChI=1S/C13H18N4OS/c1-10-11(2)19-13(16-10)4-3-5-15-12(18)8-17-7-6-14-9-17/h6-7,9H,3-5,8H2,1-2H3,(H,15,18). The second-order valence-electron chi connectivity index (χ2n) is 4.44. The maximum absolute atomic E-state index is 11.6. The fourth-order valence-corrected chi connectivity index (χ4v) is 2.69. The van der Waals surface area contributed by atoms with Gasteiger partial charge >= 0.3 is 0 Å². The summed E-state index contributed by atoms with van der Waals surface area (Å²) in [5.74, 6) is 0.0181. The Hall–Kier alpha value is -1.69. The third kappa shape index (κ3) is 4.17. The Balaban J connectivity index is 1.65. The maximum atomic E-state index is 11.6. The van der Waals surface area contributed by atoms with E-state index in [0.717, 1.165) is 23.5 Å². The molecule has 2 rings (SSSR count). The van der Waals surface area contributed by atoms with Gasteiger partial charge in [-0.15, -0.1) is 11.3 Å². The van der Waals surface area contributed by atoms with Gasteiger partial charge in [-0.1, -0.05) is 0 Å². The van der Waals surface area contributed by atoms with Gasteiger partial charge in [0.2, 0.25) is 5.91 Å². The number of nitrogens with zero attached hydrogens (tertiary/aromatic N) is 3. The molecule has 0 atom stereocenters. The summed E-state index contributed by atoms with van der Waals surface area (Å²) in [5, 5.41) is 4.05. The van der Waals surface area contributed by atoms with E-state index in [2.05, 4.69) is 22.2 Å². The average molecular weight is 278 g/mol. The van der Waals surface area contributed by atoms with Crippen molar-refractivity contribution in [3.8, 4) is 0 Å². The van der Waals surface area contributed by atoms with Gasteiger partial charge in [-0.3, -0.25) is 4.79 Å². The van der Waals surface area contributed by atoms with Crippen LogP contribution in [0, 0.1) is 13.8 Å². The Morgan fingerprint density at radius 2 is 2.32 bits per heavy atom. The second-order valence-corrected chi connectivity index (χ2v) is 5.73. The average Bonchev–Trinajstić information content (AvgIpc) is 2.96. The van der Waals surface area contributed by atoms with Crippen molar-refractivity contribution in [3.05, 3.63) is 34.3 Å². The number of aromatic nitrogens is 3. The van der Waals surface area contributed by atoms with Crippen LogP contribution < -0.4 is 5.32 Å². The molecule has 5 nitrogen and oxygen atoms in total. The number of hydrogen-bond acceptors (Lipinski definition) is 4. The third-order valence-electron chi connectivity index (χ3n) is 2.85. The van der Waals surface area contributed by atoms with Crippen LogP contribution in [0.3, 0.4) is 0 Å². The van der Waals surface area contributed by atoms with E-state index < -0.39 is 0 Å².